The van der Waals surface area contributed by atoms with Crippen LogP contribution in [0.3, 0.4) is 0 Å². The number of hydrogen-bond acceptors (Lipinski definition) is 6. The van der Waals surface area contributed by atoms with Crippen LogP contribution in [0.5, 0.6) is 0 Å². The van der Waals surface area contributed by atoms with Gasteiger partial charge in [-0.1, -0.05) is 0 Å². The van der Waals surface area contributed by atoms with E-state index >= 15 is 0 Å². The summed E-state index contributed by atoms with van der Waals surface area (Å²) in [5.41, 5.74) is 2.98. The van der Waals surface area contributed by atoms with Gasteiger partial charge in [0, 0.05) is 56.0 Å². The average molecular weight is 337 g/mol. The van der Waals surface area contributed by atoms with Gasteiger partial charge in [0.2, 0.25) is 0 Å². The Morgan fingerprint density at radius 3 is 2.48 bits per heavy atom. The molecule has 0 aliphatic carbocycles. The van der Waals surface area contributed by atoms with E-state index in [-0.39, 0.29) is 0 Å². The highest BCUT2D eigenvalue weighted by atomic mass is 15.3. The van der Waals surface area contributed by atoms with E-state index in [9.17, 15) is 0 Å². The summed E-state index contributed by atoms with van der Waals surface area (Å²) in [6.07, 6.45) is 5.03. The van der Waals surface area contributed by atoms with Crippen LogP contribution in [-0.4, -0.2) is 56.7 Å². The minimum Gasteiger partial charge on any atom is -0.369 e. The zero-order chi connectivity index (χ0) is 17.2. The third kappa shape index (κ3) is 3.28. The van der Waals surface area contributed by atoms with Gasteiger partial charge in [0.25, 0.3) is 0 Å². The first-order valence-corrected chi connectivity index (χ1v) is 8.71. The van der Waals surface area contributed by atoms with Crippen molar-refractivity contribution in [1.82, 2.24) is 24.5 Å². The van der Waals surface area contributed by atoms with Crippen molar-refractivity contribution in [3.05, 3.63) is 43.0 Å². The van der Waals surface area contributed by atoms with Gasteiger partial charge in [0.05, 0.1) is 0 Å². The zero-order valence-electron chi connectivity index (χ0n) is 14.6. The number of benzene rings is 1. The quantitative estimate of drug-likeness (QED) is 0.789. The van der Waals surface area contributed by atoms with Crippen molar-refractivity contribution >= 4 is 22.8 Å². The van der Waals surface area contributed by atoms with Crippen LogP contribution < -0.4 is 10.2 Å². The Balaban J connectivity index is 1.45. The minimum absolute atomic E-state index is 0.626. The Kier molecular flexibility index (Phi) is 4.23. The number of aromatic nitrogens is 4. The first-order valence-electron chi connectivity index (χ1n) is 8.71. The number of nitrogens with one attached hydrogen (secondary N) is 1. The predicted octanol–water partition coefficient (Wildman–Crippen LogP) is 2.40. The van der Waals surface area contributed by atoms with Gasteiger partial charge in [0.1, 0.15) is 6.33 Å². The van der Waals surface area contributed by atoms with Crippen LogP contribution in [0.1, 0.15) is 13.8 Å². The smallest absolute Gasteiger partial charge is 0.198 e. The molecule has 0 radical (unpaired) electrons. The van der Waals surface area contributed by atoms with Crippen LogP contribution in [0.2, 0.25) is 0 Å². The Morgan fingerprint density at radius 2 is 1.76 bits per heavy atom. The topological polar surface area (TPSA) is 61.6 Å². The third-order valence-corrected chi connectivity index (χ3v) is 4.74. The number of rotatable bonds is 4. The molecule has 3 aromatic rings. The second-order valence-corrected chi connectivity index (χ2v) is 6.59. The molecule has 0 unspecified atom stereocenters. The molecule has 4 rings (SSSR count). The van der Waals surface area contributed by atoms with Crippen molar-refractivity contribution in [2.24, 2.45) is 0 Å². The van der Waals surface area contributed by atoms with Crippen LogP contribution in [-0.2, 0) is 0 Å². The molecular weight excluding hydrogens is 314 g/mol. The van der Waals surface area contributed by atoms with Gasteiger partial charge >= 0.3 is 0 Å². The molecule has 0 bridgehead atoms. The molecule has 2 aromatic heterocycles. The monoisotopic (exact) mass is 337 g/mol. The number of fused-ring (bicyclic) bond motifs is 1. The highest BCUT2D eigenvalue weighted by Crippen LogP contribution is 2.23. The average Bonchev–Trinajstić information content (AvgIpc) is 3.12. The van der Waals surface area contributed by atoms with Crippen LogP contribution >= 0.6 is 0 Å². The van der Waals surface area contributed by atoms with Gasteiger partial charge < -0.3 is 10.2 Å². The molecule has 130 valence electrons. The Hall–Kier alpha value is -2.67. The van der Waals surface area contributed by atoms with E-state index in [1.54, 1.807) is 16.9 Å². The van der Waals surface area contributed by atoms with Crippen molar-refractivity contribution in [1.29, 1.82) is 0 Å². The summed E-state index contributed by atoms with van der Waals surface area (Å²) in [7, 11) is 0. The van der Waals surface area contributed by atoms with E-state index in [1.165, 1.54) is 12.0 Å². The number of nitrogens with zero attached hydrogens (tertiary/aromatic N) is 6. The fourth-order valence-electron chi connectivity index (χ4n) is 3.23. The third-order valence-electron chi connectivity index (χ3n) is 4.74. The van der Waals surface area contributed by atoms with Crippen molar-refractivity contribution in [3.63, 3.8) is 0 Å². The largest absolute Gasteiger partial charge is 0.369 e. The number of anilines is 3. The molecule has 1 aliphatic heterocycles. The lowest BCUT2D eigenvalue weighted by Crippen LogP contribution is -2.48. The van der Waals surface area contributed by atoms with Gasteiger partial charge in [-0.25, -0.2) is 14.5 Å². The molecule has 7 heteroatoms. The molecule has 0 saturated carbocycles. The molecule has 3 heterocycles. The predicted molar refractivity (Wildman–Crippen MR) is 99.4 cm³/mol. The summed E-state index contributed by atoms with van der Waals surface area (Å²) in [5, 5.41) is 7.45. The zero-order valence-corrected chi connectivity index (χ0v) is 14.6. The molecule has 0 amide bonds. The normalized spacial score (nSPS) is 15.9. The summed E-state index contributed by atoms with van der Waals surface area (Å²) < 4.78 is 1.71. The Bertz CT molecular complexity index is 832. The van der Waals surface area contributed by atoms with Crippen molar-refractivity contribution in [3.8, 4) is 0 Å². The summed E-state index contributed by atoms with van der Waals surface area (Å²) in [6.45, 7) is 8.92. The van der Waals surface area contributed by atoms with Gasteiger partial charge in [-0.3, -0.25) is 4.90 Å². The highest BCUT2D eigenvalue weighted by molar-refractivity contribution is 5.70. The lowest BCUT2D eigenvalue weighted by molar-refractivity contribution is 0.209. The number of piperazine rings is 1. The van der Waals surface area contributed by atoms with Gasteiger partial charge in [-0.05, 0) is 38.1 Å². The Labute approximate surface area is 147 Å². The van der Waals surface area contributed by atoms with Crippen molar-refractivity contribution in [2.45, 2.75) is 19.9 Å². The van der Waals surface area contributed by atoms with Crippen LogP contribution in [0.15, 0.2) is 43.0 Å². The second kappa shape index (κ2) is 6.68. The van der Waals surface area contributed by atoms with Crippen LogP contribution in [0.25, 0.3) is 5.65 Å². The molecule has 0 spiro atoms. The summed E-state index contributed by atoms with van der Waals surface area (Å²) in [5.74, 6) is 0.707. The first kappa shape index (κ1) is 15.8. The van der Waals surface area contributed by atoms with E-state index in [4.69, 9.17) is 0 Å². The summed E-state index contributed by atoms with van der Waals surface area (Å²) in [4.78, 5) is 13.6. The maximum Gasteiger partial charge on any atom is 0.198 e. The van der Waals surface area contributed by atoms with Gasteiger partial charge in [-0.2, -0.15) is 5.10 Å². The SMILES string of the molecule is CC(C)N1CCN(c2ccc(Nc3nccn4ncnc34)cc2)CC1. The molecule has 0 atom stereocenters. The standard InChI is InChI=1S/C18H23N7/c1-14(2)23-9-11-24(12-10-23)16-5-3-15(4-6-16)22-17-18-20-13-21-25(18)8-7-19-17/h3-8,13-14H,9-12H2,1-2H3,(H,19,22). The first-order chi connectivity index (χ1) is 12.2. The van der Waals surface area contributed by atoms with E-state index in [2.05, 4.69) is 68.3 Å². The van der Waals surface area contributed by atoms with Crippen molar-refractivity contribution < 1.29 is 0 Å². The minimum atomic E-state index is 0.626. The fourth-order valence-corrected chi connectivity index (χ4v) is 3.23. The fraction of sp³-hybridized carbons (Fsp3) is 0.389. The highest BCUT2D eigenvalue weighted by Gasteiger charge is 2.18. The lowest BCUT2D eigenvalue weighted by Gasteiger charge is -2.38. The number of hydrogen-bond donors (Lipinski definition) is 1. The van der Waals surface area contributed by atoms with Gasteiger partial charge in [0.15, 0.2) is 11.5 Å². The van der Waals surface area contributed by atoms with E-state index in [0.29, 0.717) is 11.9 Å². The van der Waals surface area contributed by atoms with Gasteiger partial charge in [-0.15, -0.1) is 0 Å². The molecule has 1 aliphatic rings. The summed E-state index contributed by atoms with van der Waals surface area (Å²) in [6, 6.07) is 9.13. The molecule has 1 aromatic carbocycles. The molecular formula is C18H23N7. The molecule has 7 nitrogen and oxygen atoms in total. The van der Waals surface area contributed by atoms with E-state index in [0.717, 1.165) is 37.5 Å². The van der Waals surface area contributed by atoms with Crippen molar-refractivity contribution in [2.75, 3.05) is 36.4 Å². The van der Waals surface area contributed by atoms with Crippen LogP contribution in [0.4, 0.5) is 17.2 Å². The molecule has 1 saturated heterocycles. The lowest BCUT2D eigenvalue weighted by atomic mass is 10.2. The maximum atomic E-state index is 4.36. The second-order valence-electron chi connectivity index (χ2n) is 6.59. The Morgan fingerprint density at radius 1 is 1.00 bits per heavy atom. The van der Waals surface area contributed by atoms with E-state index < -0.39 is 0 Å². The maximum absolute atomic E-state index is 4.36. The van der Waals surface area contributed by atoms with E-state index in [1.807, 2.05) is 0 Å². The molecule has 1 fully saturated rings. The van der Waals surface area contributed by atoms with Crippen LogP contribution in [0, 0.1) is 0 Å². The summed E-state index contributed by atoms with van der Waals surface area (Å²) >= 11 is 0. The molecule has 25 heavy (non-hydrogen) atoms. The molecule has 1 N–H and O–H groups in total.